The molecule has 110 valence electrons. The van der Waals surface area contributed by atoms with Gasteiger partial charge >= 0.3 is 0 Å². The largest absolute Gasteiger partial charge is 0.325 e. The van der Waals surface area contributed by atoms with Crippen molar-refractivity contribution in [3.05, 3.63) is 65.2 Å². The van der Waals surface area contributed by atoms with Gasteiger partial charge in [-0.2, -0.15) is 5.26 Å². The molecule has 0 radical (unpaired) electrons. The van der Waals surface area contributed by atoms with Crippen molar-refractivity contribution >= 4 is 17.4 Å². The number of nitrogens with one attached hydrogen (secondary N) is 1. The van der Waals surface area contributed by atoms with Crippen LogP contribution in [0.1, 0.15) is 21.5 Å². The van der Waals surface area contributed by atoms with Gasteiger partial charge < -0.3 is 5.32 Å². The fourth-order valence-electron chi connectivity index (χ4n) is 2.26. The molecule has 22 heavy (non-hydrogen) atoms. The Balaban J connectivity index is 2.22. The monoisotopic (exact) mass is 292 g/mol. The lowest BCUT2D eigenvalue weighted by molar-refractivity contribution is -0.117. The Morgan fingerprint density at radius 3 is 2.18 bits per heavy atom. The predicted molar refractivity (Wildman–Crippen MR) is 84.4 cm³/mol. The van der Waals surface area contributed by atoms with E-state index in [2.05, 4.69) is 5.32 Å². The Hall–Kier alpha value is -2.93. The van der Waals surface area contributed by atoms with E-state index in [0.717, 1.165) is 11.1 Å². The number of hydrogen-bond acceptors (Lipinski definition) is 3. The summed E-state index contributed by atoms with van der Waals surface area (Å²) >= 11 is 0. The second-order valence-electron chi connectivity index (χ2n) is 5.16. The minimum Gasteiger partial charge on any atom is -0.325 e. The Labute approximate surface area is 129 Å². The highest BCUT2D eigenvalue weighted by atomic mass is 16.2. The SMILES string of the molecule is Cc1cc(C)cc(C(=O)[C@H](C#N)C(=O)Nc2ccccc2)c1. The van der Waals surface area contributed by atoms with Crippen LogP contribution in [0, 0.1) is 31.1 Å². The second kappa shape index (κ2) is 6.68. The Morgan fingerprint density at radius 2 is 1.64 bits per heavy atom. The lowest BCUT2D eigenvalue weighted by Crippen LogP contribution is -2.28. The predicted octanol–water partition coefficient (Wildman–Crippen LogP) is 3.26. The van der Waals surface area contributed by atoms with Crippen LogP contribution in [0.25, 0.3) is 0 Å². The molecule has 0 bridgehead atoms. The highest BCUT2D eigenvalue weighted by Crippen LogP contribution is 2.15. The number of benzene rings is 2. The first kappa shape index (κ1) is 15.5. The number of ketones is 1. The van der Waals surface area contributed by atoms with E-state index >= 15 is 0 Å². The topological polar surface area (TPSA) is 70.0 Å². The number of para-hydroxylation sites is 1. The summed E-state index contributed by atoms with van der Waals surface area (Å²) in [5.41, 5.74) is 2.78. The Morgan fingerprint density at radius 1 is 1.05 bits per heavy atom. The molecule has 2 aromatic carbocycles. The van der Waals surface area contributed by atoms with E-state index in [9.17, 15) is 14.9 Å². The molecule has 0 aromatic heterocycles. The molecule has 0 unspecified atom stereocenters. The number of carbonyl (C=O) groups is 2. The number of nitriles is 1. The molecule has 0 aliphatic heterocycles. The maximum atomic E-state index is 12.4. The maximum absolute atomic E-state index is 12.4. The van der Waals surface area contributed by atoms with Crippen LogP contribution in [0.4, 0.5) is 5.69 Å². The number of amides is 1. The van der Waals surface area contributed by atoms with Gasteiger partial charge in [-0.05, 0) is 38.1 Å². The van der Waals surface area contributed by atoms with Crippen LogP contribution in [-0.4, -0.2) is 11.7 Å². The highest BCUT2D eigenvalue weighted by molar-refractivity contribution is 6.15. The molecule has 0 aliphatic carbocycles. The van der Waals surface area contributed by atoms with Crippen LogP contribution in [0.2, 0.25) is 0 Å². The average molecular weight is 292 g/mol. The number of rotatable bonds is 4. The summed E-state index contributed by atoms with van der Waals surface area (Å²) in [6, 6.07) is 15.9. The van der Waals surface area contributed by atoms with Gasteiger partial charge in [0.05, 0.1) is 6.07 Å². The first-order chi connectivity index (χ1) is 10.5. The van der Waals surface area contributed by atoms with Crippen LogP contribution in [-0.2, 0) is 4.79 Å². The summed E-state index contributed by atoms with van der Waals surface area (Å²) in [6.45, 7) is 3.74. The highest BCUT2D eigenvalue weighted by Gasteiger charge is 2.27. The third-order valence-electron chi connectivity index (χ3n) is 3.20. The number of aryl methyl sites for hydroxylation is 2. The minimum absolute atomic E-state index is 0.382. The van der Waals surface area contributed by atoms with Crippen molar-refractivity contribution in [3.63, 3.8) is 0 Å². The van der Waals surface area contributed by atoms with E-state index in [1.54, 1.807) is 42.5 Å². The van der Waals surface area contributed by atoms with E-state index in [4.69, 9.17) is 0 Å². The number of carbonyl (C=O) groups excluding carboxylic acids is 2. The van der Waals surface area contributed by atoms with E-state index in [1.807, 2.05) is 26.0 Å². The summed E-state index contributed by atoms with van der Waals surface area (Å²) in [4.78, 5) is 24.6. The van der Waals surface area contributed by atoms with Crippen LogP contribution < -0.4 is 5.32 Å². The quantitative estimate of drug-likeness (QED) is 0.694. The number of anilines is 1. The number of hydrogen-bond donors (Lipinski definition) is 1. The van der Waals surface area contributed by atoms with Crippen molar-refractivity contribution in [2.45, 2.75) is 13.8 Å². The van der Waals surface area contributed by atoms with Crippen molar-refractivity contribution in [2.75, 3.05) is 5.32 Å². The van der Waals surface area contributed by atoms with Crippen molar-refractivity contribution < 1.29 is 9.59 Å². The van der Waals surface area contributed by atoms with Gasteiger partial charge in [0.2, 0.25) is 5.91 Å². The zero-order chi connectivity index (χ0) is 16.1. The zero-order valence-corrected chi connectivity index (χ0v) is 12.5. The standard InChI is InChI=1S/C18H16N2O2/c1-12-8-13(2)10-14(9-12)17(21)16(11-19)18(22)20-15-6-4-3-5-7-15/h3-10,16H,1-2H3,(H,20,22)/t16-/m0/s1. The van der Waals surface area contributed by atoms with Gasteiger partial charge in [0, 0.05) is 11.3 Å². The van der Waals surface area contributed by atoms with Crippen molar-refractivity contribution in [2.24, 2.45) is 5.92 Å². The van der Waals surface area contributed by atoms with Gasteiger partial charge in [-0.3, -0.25) is 9.59 Å². The molecule has 1 atom stereocenters. The third kappa shape index (κ3) is 3.58. The first-order valence-electron chi connectivity index (χ1n) is 6.89. The van der Waals surface area contributed by atoms with Gasteiger partial charge in [-0.1, -0.05) is 35.4 Å². The van der Waals surface area contributed by atoms with Crippen LogP contribution in [0.5, 0.6) is 0 Å². The fourth-order valence-corrected chi connectivity index (χ4v) is 2.26. The normalized spacial score (nSPS) is 11.3. The first-order valence-corrected chi connectivity index (χ1v) is 6.89. The Kier molecular flexibility index (Phi) is 4.70. The molecule has 0 heterocycles. The van der Waals surface area contributed by atoms with Gasteiger partial charge in [-0.15, -0.1) is 0 Å². The summed E-state index contributed by atoms with van der Waals surface area (Å²) in [6.07, 6.45) is 0. The van der Waals surface area contributed by atoms with Crippen molar-refractivity contribution in [1.29, 1.82) is 5.26 Å². The molecule has 1 N–H and O–H groups in total. The number of Topliss-reactive ketones (excluding diaryl/α,β-unsaturated/α-hetero) is 1. The van der Waals surface area contributed by atoms with E-state index in [1.165, 1.54) is 0 Å². The molecule has 4 nitrogen and oxygen atoms in total. The average Bonchev–Trinajstić information content (AvgIpc) is 2.47. The molecule has 2 aromatic rings. The molecular weight excluding hydrogens is 276 g/mol. The minimum atomic E-state index is -1.36. The van der Waals surface area contributed by atoms with Crippen molar-refractivity contribution in [3.8, 4) is 6.07 Å². The summed E-state index contributed by atoms with van der Waals surface area (Å²) in [5.74, 6) is -2.46. The summed E-state index contributed by atoms with van der Waals surface area (Å²) in [5, 5.41) is 11.8. The maximum Gasteiger partial charge on any atom is 0.249 e. The lowest BCUT2D eigenvalue weighted by atomic mass is 9.95. The lowest BCUT2D eigenvalue weighted by Gasteiger charge is -2.10. The molecule has 0 spiro atoms. The van der Waals surface area contributed by atoms with Gasteiger partial charge in [-0.25, -0.2) is 0 Å². The third-order valence-corrected chi connectivity index (χ3v) is 3.20. The number of nitrogens with zero attached hydrogens (tertiary/aromatic N) is 1. The zero-order valence-electron chi connectivity index (χ0n) is 12.5. The van der Waals surface area contributed by atoms with E-state index < -0.39 is 17.6 Å². The summed E-state index contributed by atoms with van der Waals surface area (Å²) < 4.78 is 0. The van der Waals surface area contributed by atoms with Gasteiger partial charge in [0.15, 0.2) is 11.7 Å². The van der Waals surface area contributed by atoms with Crippen LogP contribution in [0.15, 0.2) is 48.5 Å². The molecule has 0 aliphatic rings. The molecule has 2 rings (SSSR count). The van der Waals surface area contributed by atoms with Crippen LogP contribution in [0.3, 0.4) is 0 Å². The second-order valence-corrected chi connectivity index (χ2v) is 5.16. The fraction of sp³-hybridized carbons (Fsp3) is 0.167. The van der Waals surface area contributed by atoms with E-state index in [0.29, 0.717) is 11.3 Å². The summed E-state index contributed by atoms with van der Waals surface area (Å²) in [7, 11) is 0. The van der Waals surface area contributed by atoms with Crippen LogP contribution >= 0.6 is 0 Å². The smallest absolute Gasteiger partial charge is 0.249 e. The Bertz CT molecular complexity index is 725. The molecular formula is C18H16N2O2. The van der Waals surface area contributed by atoms with Gasteiger partial charge in [0.1, 0.15) is 0 Å². The molecule has 1 amide bonds. The molecule has 0 saturated heterocycles. The van der Waals surface area contributed by atoms with Gasteiger partial charge in [0.25, 0.3) is 0 Å². The molecule has 0 saturated carbocycles. The molecule has 4 heteroatoms. The van der Waals surface area contributed by atoms with Crippen molar-refractivity contribution in [1.82, 2.24) is 0 Å². The van der Waals surface area contributed by atoms with E-state index in [-0.39, 0.29) is 0 Å². The molecule has 0 fully saturated rings.